The van der Waals surface area contributed by atoms with E-state index in [2.05, 4.69) is 55.7 Å². The Morgan fingerprint density at radius 1 is 1.06 bits per heavy atom. The van der Waals surface area contributed by atoms with Gasteiger partial charge >= 0.3 is 11.9 Å². The molecule has 0 aliphatic carbocycles. The van der Waals surface area contributed by atoms with Gasteiger partial charge in [0, 0.05) is 0 Å². The standard InChI is InChI=1S/C24H32N2O4S2/c1-8-29-21(27)18-14(3)19(22(28)30-9-2)32-20(18)26-23(31)25-15(4)16-10-12-17(13-11-16)24(5,6)7/h10-13,15H,8-9H2,1-7H3,(H2,25,26,31). The van der Waals surface area contributed by atoms with Gasteiger partial charge in [-0.05, 0) is 62.0 Å². The average Bonchev–Trinajstić information content (AvgIpc) is 3.03. The first-order chi connectivity index (χ1) is 15.0. The monoisotopic (exact) mass is 476 g/mol. The lowest BCUT2D eigenvalue weighted by atomic mass is 9.86. The maximum Gasteiger partial charge on any atom is 0.348 e. The van der Waals surface area contributed by atoms with Crippen molar-refractivity contribution in [1.29, 1.82) is 0 Å². The van der Waals surface area contributed by atoms with Crippen LogP contribution in [0.3, 0.4) is 0 Å². The molecule has 8 heteroatoms. The summed E-state index contributed by atoms with van der Waals surface area (Å²) in [6.45, 7) is 14.2. The van der Waals surface area contributed by atoms with Gasteiger partial charge < -0.3 is 20.1 Å². The van der Waals surface area contributed by atoms with E-state index in [1.165, 1.54) is 5.56 Å². The number of anilines is 1. The lowest BCUT2D eigenvalue weighted by Crippen LogP contribution is -2.31. The van der Waals surface area contributed by atoms with E-state index in [1.54, 1.807) is 20.8 Å². The second kappa shape index (κ2) is 10.9. The highest BCUT2D eigenvalue weighted by atomic mass is 32.1. The molecule has 0 radical (unpaired) electrons. The predicted octanol–water partition coefficient (Wildman–Crippen LogP) is 5.76. The molecule has 32 heavy (non-hydrogen) atoms. The van der Waals surface area contributed by atoms with E-state index >= 15 is 0 Å². The number of benzene rings is 1. The fourth-order valence-corrected chi connectivity index (χ4v) is 4.57. The zero-order valence-electron chi connectivity index (χ0n) is 19.8. The van der Waals surface area contributed by atoms with Crippen molar-refractivity contribution in [3.63, 3.8) is 0 Å². The first-order valence-corrected chi connectivity index (χ1v) is 11.9. The minimum absolute atomic E-state index is 0.0550. The summed E-state index contributed by atoms with van der Waals surface area (Å²) < 4.78 is 10.3. The molecule has 0 saturated heterocycles. The van der Waals surface area contributed by atoms with Crippen LogP contribution in [0.5, 0.6) is 0 Å². The van der Waals surface area contributed by atoms with Crippen molar-refractivity contribution in [3.05, 3.63) is 51.4 Å². The molecule has 0 spiro atoms. The van der Waals surface area contributed by atoms with Gasteiger partial charge in [-0.2, -0.15) is 0 Å². The fourth-order valence-electron chi connectivity index (χ4n) is 3.13. The van der Waals surface area contributed by atoms with Crippen LogP contribution in [-0.4, -0.2) is 30.3 Å². The number of carbonyl (C=O) groups is 2. The maximum absolute atomic E-state index is 12.5. The molecule has 1 heterocycles. The van der Waals surface area contributed by atoms with E-state index in [9.17, 15) is 9.59 Å². The highest BCUT2D eigenvalue weighted by Crippen LogP contribution is 2.34. The number of nitrogens with one attached hydrogen (secondary N) is 2. The minimum Gasteiger partial charge on any atom is -0.462 e. The lowest BCUT2D eigenvalue weighted by molar-refractivity contribution is 0.0527. The van der Waals surface area contributed by atoms with Crippen molar-refractivity contribution in [3.8, 4) is 0 Å². The van der Waals surface area contributed by atoms with E-state index in [0.717, 1.165) is 16.9 Å². The molecule has 1 atom stereocenters. The van der Waals surface area contributed by atoms with Crippen molar-refractivity contribution in [2.75, 3.05) is 18.5 Å². The molecule has 0 amide bonds. The number of hydrogen-bond donors (Lipinski definition) is 2. The van der Waals surface area contributed by atoms with E-state index in [1.807, 2.05) is 6.92 Å². The number of hydrogen-bond acceptors (Lipinski definition) is 6. The number of ether oxygens (including phenoxy) is 2. The van der Waals surface area contributed by atoms with Gasteiger partial charge in [0.15, 0.2) is 5.11 Å². The molecule has 2 N–H and O–H groups in total. The molecule has 1 aromatic heterocycles. The lowest BCUT2D eigenvalue weighted by Gasteiger charge is -2.21. The number of carbonyl (C=O) groups excluding carboxylic acids is 2. The van der Waals surface area contributed by atoms with Gasteiger partial charge in [-0.3, -0.25) is 0 Å². The Kier molecular flexibility index (Phi) is 8.81. The number of esters is 2. The van der Waals surface area contributed by atoms with Gasteiger partial charge in [-0.25, -0.2) is 9.59 Å². The first-order valence-electron chi connectivity index (χ1n) is 10.6. The van der Waals surface area contributed by atoms with E-state index < -0.39 is 11.9 Å². The molecule has 0 aliphatic rings. The highest BCUT2D eigenvalue weighted by molar-refractivity contribution is 7.80. The maximum atomic E-state index is 12.5. The number of thiophene rings is 1. The predicted molar refractivity (Wildman–Crippen MR) is 134 cm³/mol. The van der Waals surface area contributed by atoms with Crippen LogP contribution in [0.1, 0.15) is 84.3 Å². The smallest absolute Gasteiger partial charge is 0.348 e. The van der Waals surface area contributed by atoms with Gasteiger partial charge in [0.05, 0.1) is 24.8 Å². The fraction of sp³-hybridized carbons (Fsp3) is 0.458. The van der Waals surface area contributed by atoms with Crippen molar-refractivity contribution in [1.82, 2.24) is 5.32 Å². The van der Waals surface area contributed by atoms with E-state index in [0.29, 0.717) is 26.1 Å². The molecule has 0 saturated carbocycles. The van der Waals surface area contributed by atoms with Gasteiger partial charge in [-0.15, -0.1) is 11.3 Å². The van der Waals surface area contributed by atoms with E-state index in [-0.39, 0.29) is 24.7 Å². The highest BCUT2D eigenvalue weighted by Gasteiger charge is 2.27. The van der Waals surface area contributed by atoms with Crippen LogP contribution in [0.15, 0.2) is 24.3 Å². The molecule has 2 aromatic rings. The second-order valence-electron chi connectivity index (χ2n) is 8.39. The second-order valence-corrected chi connectivity index (χ2v) is 9.82. The summed E-state index contributed by atoms with van der Waals surface area (Å²) in [5.74, 6) is -0.979. The van der Waals surface area contributed by atoms with Crippen molar-refractivity contribution in [2.45, 2.75) is 59.9 Å². The van der Waals surface area contributed by atoms with Crippen LogP contribution in [0.4, 0.5) is 5.00 Å². The van der Waals surface area contributed by atoms with Crippen molar-refractivity contribution >= 4 is 45.6 Å². The third-order valence-electron chi connectivity index (χ3n) is 4.94. The summed E-state index contributed by atoms with van der Waals surface area (Å²) in [6.07, 6.45) is 0. The van der Waals surface area contributed by atoms with Gasteiger partial charge in [0.1, 0.15) is 9.88 Å². The Bertz CT molecular complexity index is 975. The SMILES string of the molecule is CCOC(=O)c1sc(NC(=S)NC(C)c2ccc(C(C)(C)C)cc2)c(C(=O)OCC)c1C. The Balaban J connectivity index is 2.21. The largest absolute Gasteiger partial charge is 0.462 e. The zero-order valence-corrected chi connectivity index (χ0v) is 21.4. The Morgan fingerprint density at radius 2 is 1.62 bits per heavy atom. The van der Waals surface area contributed by atoms with Gasteiger partial charge in [0.2, 0.25) is 0 Å². The third kappa shape index (κ3) is 6.29. The molecule has 0 fully saturated rings. The van der Waals surface area contributed by atoms with Gasteiger partial charge in [-0.1, -0.05) is 45.0 Å². The number of thiocarbonyl (C=S) groups is 1. The molecular formula is C24H32N2O4S2. The van der Waals surface area contributed by atoms with Crippen LogP contribution < -0.4 is 10.6 Å². The topological polar surface area (TPSA) is 76.7 Å². The third-order valence-corrected chi connectivity index (χ3v) is 6.35. The quantitative estimate of drug-likeness (QED) is 0.389. The normalized spacial score (nSPS) is 12.1. The van der Waals surface area contributed by atoms with Crippen LogP contribution in [-0.2, 0) is 14.9 Å². The van der Waals surface area contributed by atoms with Crippen LogP contribution in [0.2, 0.25) is 0 Å². The molecule has 0 bridgehead atoms. The molecular weight excluding hydrogens is 444 g/mol. The molecule has 2 rings (SSSR count). The summed E-state index contributed by atoms with van der Waals surface area (Å²) in [5.41, 5.74) is 3.24. The first kappa shape index (κ1) is 25.8. The van der Waals surface area contributed by atoms with Crippen LogP contribution >= 0.6 is 23.6 Å². The number of rotatable bonds is 7. The Labute approximate surface area is 199 Å². The summed E-state index contributed by atoms with van der Waals surface area (Å²) >= 11 is 6.62. The summed E-state index contributed by atoms with van der Waals surface area (Å²) in [4.78, 5) is 25.2. The molecule has 174 valence electrons. The zero-order chi connectivity index (χ0) is 24.1. The molecule has 1 unspecified atom stereocenters. The molecule has 6 nitrogen and oxygen atoms in total. The Morgan fingerprint density at radius 3 is 2.16 bits per heavy atom. The molecule has 0 aliphatic heterocycles. The molecule has 1 aromatic carbocycles. The van der Waals surface area contributed by atoms with Crippen LogP contribution in [0, 0.1) is 6.92 Å². The summed E-state index contributed by atoms with van der Waals surface area (Å²) in [7, 11) is 0. The summed E-state index contributed by atoms with van der Waals surface area (Å²) in [6, 6.07) is 8.35. The van der Waals surface area contributed by atoms with Crippen molar-refractivity contribution in [2.24, 2.45) is 0 Å². The Hall–Kier alpha value is -2.45. The average molecular weight is 477 g/mol. The van der Waals surface area contributed by atoms with Gasteiger partial charge in [0.25, 0.3) is 0 Å². The van der Waals surface area contributed by atoms with Crippen LogP contribution in [0.25, 0.3) is 0 Å². The minimum atomic E-state index is -0.507. The van der Waals surface area contributed by atoms with E-state index in [4.69, 9.17) is 21.7 Å². The van der Waals surface area contributed by atoms with Crippen molar-refractivity contribution < 1.29 is 19.1 Å². The summed E-state index contributed by atoms with van der Waals surface area (Å²) in [5, 5.41) is 7.12.